The molecule has 0 fully saturated rings. The molecule has 2 rings (SSSR count). The lowest BCUT2D eigenvalue weighted by atomic mass is 9.91. The van der Waals surface area contributed by atoms with Gasteiger partial charge in [-0.15, -0.1) is 0 Å². The fourth-order valence-electron chi connectivity index (χ4n) is 3.55. The number of rotatable bonds is 5. The number of aliphatic hydroxyl groups is 1. The minimum Gasteiger partial charge on any atom is -0.462 e. The van der Waals surface area contributed by atoms with Gasteiger partial charge in [-0.3, -0.25) is 4.79 Å². The molecule has 1 N–H and O–H groups in total. The van der Waals surface area contributed by atoms with Crippen molar-refractivity contribution in [1.29, 1.82) is 0 Å². The van der Waals surface area contributed by atoms with E-state index in [9.17, 15) is 9.90 Å². The van der Waals surface area contributed by atoms with Gasteiger partial charge in [0.05, 0.1) is 6.10 Å². The molecule has 0 amide bonds. The summed E-state index contributed by atoms with van der Waals surface area (Å²) in [7, 11) is 0. The maximum absolute atomic E-state index is 10.9. The minimum atomic E-state index is -0.276. The van der Waals surface area contributed by atoms with E-state index in [0.717, 1.165) is 0 Å². The van der Waals surface area contributed by atoms with Gasteiger partial charge in [0, 0.05) is 18.8 Å². The lowest BCUT2D eigenvalue weighted by Gasteiger charge is -2.22. The first kappa shape index (κ1) is 24.9. The summed E-state index contributed by atoms with van der Waals surface area (Å²) in [5.41, 5.74) is 7.56. The Kier molecular flexibility index (Phi) is 9.58. The Morgan fingerprint density at radius 3 is 1.55 bits per heavy atom. The van der Waals surface area contributed by atoms with Crippen molar-refractivity contribution in [2.24, 2.45) is 0 Å². The molecule has 160 valence electrons. The van der Waals surface area contributed by atoms with Gasteiger partial charge in [-0.1, -0.05) is 61.4 Å². The average molecular weight is 399 g/mol. The van der Waals surface area contributed by atoms with Crippen LogP contribution in [0.5, 0.6) is 0 Å². The van der Waals surface area contributed by atoms with E-state index in [0.29, 0.717) is 0 Å². The first-order valence-electron chi connectivity index (χ1n) is 10.4. The molecule has 2 aromatic rings. The highest BCUT2D eigenvalue weighted by Crippen LogP contribution is 2.25. The number of carbonyl (C=O) groups is 1. The Morgan fingerprint density at radius 1 is 0.793 bits per heavy atom. The predicted molar refractivity (Wildman–Crippen MR) is 122 cm³/mol. The van der Waals surface area contributed by atoms with Crippen molar-refractivity contribution in [2.75, 3.05) is 0 Å². The predicted octanol–water partition coefficient (Wildman–Crippen LogP) is 6.15. The summed E-state index contributed by atoms with van der Waals surface area (Å²) in [6.45, 7) is 17.7. The molecule has 2 aromatic carbocycles. The van der Waals surface area contributed by atoms with Gasteiger partial charge in [-0.2, -0.15) is 0 Å². The first-order valence-corrected chi connectivity index (χ1v) is 10.4. The third-order valence-corrected chi connectivity index (χ3v) is 5.61. The zero-order chi connectivity index (χ0) is 22.3. The molecule has 0 aliphatic carbocycles. The maximum Gasteiger partial charge on any atom is 0.302 e. The number of aliphatic hydroxyl groups excluding tert-OH is 1. The van der Waals surface area contributed by atoms with Gasteiger partial charge < -0.3 is 9.84 Å². The van der Waals surface area contributed by atoms with Crippen molar-refractivity contribution in [3.63, 3.8) is 0 Å². The molecule has 0 spiro atoms. The highest BCUT2D eigenvalue weighted by molar-refractivity contribution is 5.66. The van der Waals surface area contributed by atoms with Gasteiger partial charge in [0.1, 0.15) is 6.10 Å². The number of aryl methyl sites for hydroxylation is 4. The van der Waals surface area contributed by atoms with Crippen LogP contribution in [0, 0.1) is 27.7 Å². The van der Waals surface area contributed by atoms with E-state index in [-0.39, 0.29) is 30.0 Å². The van der Waals surface area contributed by atoms with Crippen LogP contribution in [-0.4, -0.2) is 23.3 Å². The standard InChI is InChI=1S/C14H20O2.C12H18O/c1-9-6-7-14(10(2)8-9)11(3)12(4)16-13(5)15;1-8-5-6-12(9(2)7-8)10(3)11(4)13/h6-8,11-12H,1-5H3;5-7,10-11,13H,1-4H3/t11-,12+;10-,11+/m00/s1. The van der Waals surface area contributed by atoms with Crippen LogP contribution < -0.4 is 0 Å². The van der Waals surface area contributed by atoms with Crippen LogP contribution >= 0.6 is 0 Å². The SMILES string of the molecule is CC(=O)O[C@H](C)[C@H](C)c1ccc(C)cc1C.Cc1ccc([C@@H](C)[C@@H](C)O)c(C)c1. The molecule has 0 aliphatic rings. The van der Waals surface area contributed by atoms with Crippen LogP contribution in [0.15, 0.2) is 36.4 Å². The molecule has 29 heavy (non-hydrogen) atoms. The maximum atomic E-state index is 10.9. The van der Waals surface area contributed by atoms with Crippen molar-refractivity contribution < 1.29 is 14.6 Å². The van der Waals surface area contributed by atoms with E-state index >= 15 is 0 Å². The van der Waals surface area contributed by atoms with E-state index in [1.807, 2.05) is 13.8 Å². The quantitative estimate of drug-likeness (QED) is 0.615. The third-order valence-electron chi connectivity index (χ3n) is 5.61. The lowest BCUT2D eigenvalue weighted by molar-refractivity contribution is -0.146. The van der Waals surface area contributed by atoms with Crippen molar-refractivity contribution >= 4 is 5.97 Å². The molecule has 0 heterocycles. The van der Waals surface area contributed by atoms with Gasteiger partial charge in [0.2, 0.25) is 0 Å². The highest BCUT2D eigenvalue weighted by Gasteiger charge is 2.18. The largest absolute Gasteiger partial charge is 0.462 e. The molecule has 0 saturated heterocycles. The molecular formula is C26H38O3. The molecule has 4 atom stereocenters. The topological polar surface area (TPSA) is 46.5 Å². The lowest BCUT2D eigenvalue weighted by Crippen LogP contribution is -2.19. The van der Waals surface area contributed by atoms with Gasteiger partial charge in [0.25, 0.3) is 0 Å². The molecule has 0 aliphatic heterocycles. The van der Waals surface area contributed by atoms with E-state index in [1.54, 1.807) is 0 Å². The molecule has 3 nitrogen and oxygen atoms in total. The third kappa shape index (κ3) is 7.66. The molecule has 3 heteroatoms. The summed E-state index contributed by atoms with van der Waals surface area (Å²) in [4.78, 5) is 10.9. The normalized spacial score (nSPS) is 14.8. The molecular weight excluding hydrogens is 360 g/mol. The number of hydrogen-bond donors (Lipinski definition) is 1. The molecule has 0 bridgehead atoms. The van der Waals surface area contributed by atoms with E-state index in [2.05, 4.69) is 77.9 Å². The fraction of sp³-hybridized carbons (Fsp3) is 0.500. The van der Waals surface area contributed by atoms with Crippen LogP contribution in [0.25, 0.3) is 0 Å². The van der Waals surface area contributed by atoms with Crippen molar-refractivity contribution in [3.8, 4) is 0 Å². The van der Waals surface area contributed by atoms with Gasteiger partial charge in [-0.05, 0) is 63.8 Å². The highest BCUT2D eigenvalue weighted by atomic mass is 16.5. The summed E-state index contributed by atoms with van der Waals surface area (Å²) in [6.07, 6.45) is -0.361. The number of hydrogen-bond acceptors (Lipinski definition) is 3. The molecule has 0 aromatic heterocycles. The zero-order valence-corrected chi connectivity index (χ0v) is 19.5. The second kappa shape index (κ2) is 11.2. The monoisotopic (exact) mass is 398 g/mol. The zero-order valence-electron chi connectivity index (χ0n) is 19.5. The smallest absolute Gasteiger partial charge is 0.302 e. The summed E-state index contributed by atoms with van der Waals surface area (Å²) in [5, 5.41) is 9.47. The van der Waals surface area contributed by atoms with E-state index in [1.165, 1.54) is 40.3 Å². The van der Waals surface area contributed by atoms with Crippen molar-refractivity contribution in [1.82, 2.24) is 0 Å². The second-order valence-electron chi connectivity index (χ2n) is 8.35. The Morgan fingerprint density at radius 2 is 1.21 bits per heavy atom. The average Bonchev–Trinajstić information content (AvgIpc) is 2.60. The van der Waals surface area contributed by atoms with E-state index < -0.39 is 0 Å². The van der Waals surface area contributed by atoms with Crippen molar-refractivity contribution in [2.45, 2.75) is 86.4 Å². The van der Waals surface area contributed by atoms with Gasteiger partial charge in [0.15, 0.2) is 0 Å². The van der Waals surface area contributed by atoms with Crippen LogP contribution in [0.1, 0.15) is 79.8 Å². The Balaban J connectivity index is 0.000000296. The second-order valence-corrected chi connectivity index (χ2v) is 8.35. The van der Waals surface area contributed by atoms with Crippen LogP contribution in [0.3, 0.4) is 0 Å². The van der Waals surface area contributed by atoms with Gasteiger partial charge >= 0.3 is 5.97 Å². The number of carbonyl (C=O) groups excluding carboxylic acids is 1. The first-order chi connectivity index (χ1) is 13.4. The summed E-state index contributed by atoms with van der Waals surface area (Å²) in [6, 6.07) is 12.7. The number of esters is 1. The van der Waals surface area contributed by atoms with Crippen LogP contribution in [-0.2, 0) is 9.53 Å². The van der Waals surface area contributed by atoms with Crippen molar-refractivity contribution in [3.05, 3.63) is 69.8 Å². The van der Waals surface area contributed by atoms with Crippen LogP contribution in [0.2, 0.25) is 0 Å². The molecule has 0 radical (unpaired) electrons. The fourth-order valence-corrected chi connectivity index (χ4v) is 3.55. The summed E-state index contributed by atoms with van der Waals surface area (Å²) in [5.74, 6) is 0.231. The number of benzene rings is 2. The summed E-state index contributed by atoms with van der Waals surface area (Å²) >= 11 is 0. The Labute approximate surface area is 177 Å². The Hall–Kier alpha value is -2.13. The Bertz CT molecular complexity index is 808. The number of ether oxygens (including phenoxy) is 1. The van der Waals surface area contributed by atoms with E-state index in [4.69, 9.17) is 4.74 Å². The molecule has 0 saturated carbocycles. The summed E-state index contributed by atoms with van der Waals surface area (Å²) < 4.78 is 5.21. The molecule has 0 unspecified atom stereocenters. The van der Waals surface area contributed by atoms with Gasteiger partial charge in [-0.25, -0.2) is 0 Å². The van der Waals surface area contributed by atoms with Crippen LogP contribution in [0.4, 0.5) is 0 Å². The minimum absolute atomic E-state index is 0.0843.